The molecule has 0 N–H and O–H groups in total. The van der Waals surface area contributed by atoms with Crippen molar-refractivity contribution in [3.63, 3.8) is 0 Å². The molecule has 3 nitrogen and oxygen atoms in total. The third kappa shape index (κ3) is 3.13. The first kappa shape index (κ1) is 13.9. The van der Waals surface area contributed by atoms with Gasteiger partial charge in [-0.2, -0.15) is 21.6 Å². The molecule has 0 atom stereocenters. The molecule has 0 aliphatic rings. The molecule has 0 unspecified atom stereocenters. The number of alkyl halides is 3. The molecule has 0 aliphatic carbocycles. The van der Waals surface area contributed by atoms with Crippen molar-refractivity contribution < 1.29 is 25.8 Å². The summed E-state index contributed by atoms with van der Waals surface area (Å²) in [4.78, 5) is 0. The van der Waals surface area contributed by atoms with Gasteiger partial charge in [0.15, 0.2) is 0 Å². The monoisotopic (exact) mass is 286 g/mol. The first-order valence-corrected chi connectivity index (χ1v) is 5.88. The summed E-state index contributed by atoms with van der Waals surface area (Å²) in [7, 11) is -5.72. The van der Waals surface area contributed by atoms with Crippen LogP contribution in [0.1, 0.15) is 5.56 Å². The van der Waals surface area contributed by atoms with E-state index in [0.29, 0.717) is 0 Å². The van der Waals surface area contributed by atoms with Crippen LogP contribution in [0, 0.1) is 0 Å². The fraction of sp³-hybridized carbons (Fsp3) is 0.111. The molecule has 0 aliphatic heterocycles. The van der Waals surface area contributed by atoms with Gasteiger partial charge in [-0.25, -0.2) is 0 Å². The van der Waals surface area contributed by atoms with Gasteiger partial charge >= 0.3 is 15.6 Å². The summed E-state index contributed by atoms with van der Waals surface area (Å²) in [5, 5.41) is 0.0369. The SMILES string of the molecule is C=C(OS(=O)(=O)C(F)(F)F)c1ccccc1Cl. The van der Waals surface area contributed by atoms with Crippen LogP contribution >= 0.6 is 11.6 Å². The molecular weight excluding hydrogens is 281 g/mol. The maximum absolute atomic E-state index is 12.0. The van der Waals surface area contributed by atoms with E-state index in [1.807, 2.05) is 0 Å². The largest absolute Gasteiger partial charge is 0.534 e. The molecule has 0 amide bonds. The molecule has 0 spiro atoms. The first-order valence-electron chi connectivity index (χ1n) is 4.10. The van der Waals surface area contributed by atoms with Gasteiger partial charge in [0.2, 0.25) is 0 Å². The Morgan fingerprint density at radius 1 is 1.29 bits per heavy atom. The molecule has 0 radical (unpaired) electrons. The maximum Gasteiger partial charge on any atom is 0.534 e. The van der Waals surface area contributed by atoms with E-state index >= 15 is 0 Å². The highest BCUT2D eigenvalue weighted by Gasteiger charge is 2.48. The number of hydrogen-bond acceptors (Lipinski definition) is 3. The average Bonchev–Trinajstić information content (AvgIpc) is 2.15. The van der Waals surface area contributed by atoms with Crippen LogP contribution in [0.3, 0.4) is 0 Å². The molecule has 0 heterocycles. The molecular formula is C9H6ClF3O3S. The van der Waals surface area contributed by atoms with Gasteiger partial charge in [-0.15, -0.1) is 0 Å². The Kier molecular flexibility index (Phi) is 3.73. The van der Waals surface area contributed by atoms with Crippen LogP contribution < -0.4 is 0 Å². The van der Waals surface area contributed by atoms with Crippen LogP contribution in [-0.2, 0) is 14.3 Å². The van der Waals surface area contributed by atoms with E-state index in [2.05, 4.69) is 10.8 Å². The van der Waals surface area contributed by atoms with E-state index in [1.165, 1.54) is 24.3 Å². The summed E-state index contributed by atoms with van der Waals surface area (Å²) < 4.78 is 61.3. The van der Waals surface area contributed by atoms with E-state index in [9.17, 15) is 21.6 Å². The van der Waals surface area contributed by atoms with E-state index in [0.717, 1.165) is 0 Å². The lowest BCUT2D eigenvalue weighted by Gasteiger charge is -2.12. The number of benzene rings is 1. The zero-order chi connectivity index (χ0) is 13.3. The van der Waals surface area contributed by atoms with Crippen molar-refractivity contribution in [1.29, 1.82) is 0 Å². The molecule has 0 saturated carbocycles. The average molecular weight is 287 g/mol. The van der Waals surface area contributed by atoms with Gasteiger partial charge in [-0.1, -0.05) is 30.3 Å². The lowest BCUT2D eigenvalue weighted by atomic mass is 10.2. The van der Waals surface area contributed by atoms with Gasteiger partial charge in [0.05, 0.1) is 5.02 Å². The van der Waals surface area contributed by atoms with E-state index < -0.39 is 21.4 Å². The minimum atomic E-state index is -5.72. The zero-order valence-electron chi connectivity index (χ0n) is 8.16. The normalized spacial score (nSPS) is 12.2. The molecule has 0 bridgehead atoms. The van der Waals surface area contributed by atoms with Gasteiger partial charge in [-0.3, -0.25) is 0 Å². The lowest BCUT2D eigenvalue weighted by Crippen LogP contribution is -2.24. The molecule has 1 aromatic carbocycles. The quantitative estimate of drug-likeness (QED) is 0.487. The van der Waals surface area contributed by atoms with Crippen molar-refractivity contribution in [3.05, 3.63) is 41.4 Å². The summed E-state index contributed by atoms with van der Waals surface area (Å²) in [6, 6.07) is 5.63. The standard InChI is InChI=1S/C9H6ClF3O3S/c1-6(7-4-2-3-5-8(7)10)16-17(14,15)9(11,12)13/h2-5H,1H2. The Bertz CT molecular complexity index is 537. The van der Waals surface area contributed by atoms with Crippen LogP contribution in [0.2, 0.25) is 5.02 Å². The molecule has 0 saturated heterocycles. The Morgan fingerprint density at radius 2 is 1.82 bits per heavy atom. The van der Waals surface area contributed by atoms with Crippen molar-refractivity contribution in [2.75, 3.05) is 0 Å². The van der Waals surface area contributed by atoms with Crippen LogP contribution in [0.5, 0.6) is 0 Å². The molecule has 17 heavy (non-hydrogen) atoms. The van der Waals surface area contributed by atoms with Gasteiger partial charge in [0, 0.05) is 5.56 Å². The highest BCUT2D eigenvalue weighted by Crippen LogP contribution is 2.31. The fourth-order valence-corrected chi connectivity index (χ4v) is 1.60. The van der Waals surface area contributed by atoms with Crippen LogP contribution in [0.25, 0.3) is 5.76 Å². The zero-order valence-corrected chi connectivity index (χ0v) is 9.73. The third-order valence-electron chi connectivity index (χ3n) is 1.67. The Balaban J connectivity index is 3.00. The first-order chi connectivity index (χ1) is 7.65. The van der Waals surface area contributed by atoms with Crippen LogP contribution in [0.15, 0.2) is 30.8 Å². The highest BCUT2D eigenvalue weighted by molar-refractivity contribution is 7.87. The van der Waals surface area contributed by atoms with Crippen LogP contribution in [-0.4, -0.2) is 13.9 Å². The van der Waals surface area contributed by atoms with E-state index in [4.69, 9.17) is 11.6 Å². The highest BCUT2D eigenvalue weighted by atomic mass is 35.5. The second kappa shape index (κ2) is 4.58. The number of rotatable bonds is 3. The molecule has 0 aromatic heterocycles. The Labute approximate surface area is 101 Å². The third-order valence-corrected chi connectivity index (χ3v) is 2.99. The predicted molar refractivity (Wildman–Crippen MR) is 56.5 cm³/mol. The predicted octanol–water partition coefficient (Wildman–Crippen LogP) is 3.18. The van der Waals surface area contributed by atoms with Gasteiger partial charge in [-0.05, 0) is 12.1 Å². The molecule has 0 fully saturated rings. The summed E-state index contributed by atoms with van der Waals surface area (Å²) in [5.74, 6) is -0.687. The van der Waals surface area contributed by atoms with Gasteiger partial charge < -0.3 is 4.18 Å². The minimum absolute atomic E-state index is 0.0259. The summed E-state index contributed by atoms with van der Waals surface area (Å²) in [6.45, 7) is 3.10. The summed E-state index contributed by atoms with van der Waals surface area (Å²) >= 11 is 5.65. The van der Waals surface area contributed by atoms with Crippen molar-refractivity contribution in [2.45, 2.75) is 5.51 Å². The fourth-order valence-electron chi connectivity index (χ4n) is 0.912. The molecule has 94 valence electrons. The minimum Gasteiger partial charge on any atom is -0.376 e. The number of halogens is 4. The Morgan fingerprint density at radius 3 is 2.29 bits per heavy atom. The second-order valence-corrected chi connectivity index (χ2v) is 4.83. The van der Waals surface area contributed by atoms with Crippen molar-refractivity contribution in [2.24, 2.45) is 0 Å². The van der Waals surface area contributed by atoms with Crippen molar-refractivity contribution in [1.82, 2.24) is 0 Å². The van der Waals surface area contributed by atoms with Crippen molar-refractivity contribution >= 4 is 27.5 Å². The number of hydrogen-bond donors (Lipinski definition) is 0. The Hall–Kier alpha value is -1.21. The second-order valence-electron chi connectivity index (χ2n) is 2.89. The van der Waals surface area contributed by atoms with Crippen molar-refractivity contribution in [3.8, 4) is 0 Å². The van der Waals surface area contributed by atoms with Gasteiger partial charge in [0.1, 0.15) is 5.76 Å². The summed E-state index contributed by atoms with van der Waals surface area (Å²) in [5.41, 5.74) is -5.53. The van der Waals surface area contributed by atoms with Crippen LogP contribution in [0.4, 0.5) is 13.2 Å². The van der Waals surface area contributed by atoms with E-state index in [-0.39, 0.29) is 10.6 Å². The topological polar surface area (TPSA) is 43.4 Å². The maximum atomic E-state index is 12.0. The van der Waals surface area contributed by atoms with E-state index in [1.54, 1.807) is 0 Å². The molecule has 1 aromatic rings. The molecule has 8 heteroatoms. The molecule has 1 rings (SSSR count). The van der Waals surface area contributed by atoms with Gasteiger partial charge in [0.25, 0.3) is 0 Å². The lowest BCUT2D eigenvalue weighted by molar-refractivity contribution is -0.0509. The smallest absolute Gasteiger partial charge is 0.376 e. The summed E-state index contributed by atoms with van der Waals surface area (Å²) in [6.07, 6.45) is 0.